The zero-order chi connectivity index (χ0) is 8.36. The maximum Gasteiger partial charge on any atom is 0.0635 e. The lowest BCUT2D eigenvalue weighted by molar-refractivity contribution is 0.611. The normalized spacial score (nSPS) is 9.45. The van der Waals surface area contributed by atoms with Gasteiger partial charge in [-0.25, -0.2) is 0 Å². The summed E-state index contributed by atoms with van der Waals surface area (Å²) < 4.78 is 0. The molecule has 0 bridgehead atoms. The highest BCUT2D eigenvalue weighted by atomic mass is 14.8. The van der Waals surface area contributed by atoms with E-state index in [2.05, 4.69) is 11.4 Å². The molecule has 0 radical (unpaired) electrons. The minimum absolute atomic E-state index is 0.608. The largest absolute Gasteiger partial charge is 0.330 e. The van der Waals surface area contributed by atoms with Crippen molar-refractivity contribution in [2.24, 2.45) is 5.73 Å². The average molecular weight is 155 g/mol. The monoisotopic (exact) mass is 155 g/mol. The number of rotatable bonds is 7. The van der Waals surface area contributed by atoms with Crippen LogP contribution in [0.4, 0.5) is 0 Å². The van der Waals surface area contributed by atoms with Crippen LogP contribution in [-0.2, 0) is 0 Å². The molecule has 3 N–H and O–H groups in total. The van der Waals surface area contributed by atoms with Gasteiger partial charge in [0.1, 0.15) is 0 Å². The Kier molecular flexibility index (Phi) is 8.91. The Morgan fingerprint density at radius 2 is 2.00 bits per heavy atom. The van der Waals surface area contributed by atoms with Crippen molar-refractivity contribution in [3.8, 4) is 6.07 Å². The molecule has 3 heteroatoms. The molecule has 0 aromatic rings. The van der Waals surface area contributed by atoms with E-state index in [1.807, 2.05) is 0 Å². The minimum Gasteiger partial charge on any atom is -0.330 e. The zero-order valence-electron chi connectivity index (χ0n) is 6.97. The van der Waals surface area contributed by atoms with Crippen molar-refractivity contribution >= 4 is 0 Å². The van der Waals surface area contributed by atoms with Gasteiger partial charge in [0.15, 0.2) is 0 Å². The molecule has 0 heterocycles. The number of hydrogen-bond acceptors (Lipinski definition) is 3. The summed E-state index contributed by atoms with van der Waals surface area (Å²) in [6.07, 6.45) is 4.08. The quantitative estimate of drug-likeness (QED) is 0.530. The van der Waals surface area contributed by atoms with E-state index >= 15 is 0 Å². The van der Waals surface area contributed by atoms with Crippen molar-refractivity contribution in [2.45, 2.75) is 25.7 Å². The van der Waals surface area contributed by atoms with Crippen LogP contribution in [0.2, 0.25) is 0 Å². The van der Waals surface area contributed by atoms with Crippen molar-refractivity contribution in [1.29, 1.82) is 5.26 Å². The van der Waals surface area contributed by atoms with Crippen LogP contribution in [0, 0.1) is 11.3 Å². The molecule has 3 nitrogen and oxygen atoms in total. The first-order valence-electron chi connectivity index (χ1n) is 4.19. The molecule has 0 spiro atoms. The fourth-order valence-electron chi connectivity index (χ4n) is 0.840. The molecule has 0 aliphatic carbocycles. The predicted molar refractivity (Wildman–Crippen MR) is 46.0 cm³/mol. The summed E-state index contributed by atoms with van der Waals surface area (Å²) in [4.78, 5) is 0. The van der Waals surface area contributed by atoms with E-state index in [-0.39, 0.29) is 0 Å². The molecule has 0 saturated carbocycles. The Balaban J connectivity index is 2.75. The van der Waals surface area contributed by atoms with Crippen LogP contribution < -0.4 is 11.1 Å². The Hall–Kier alpha value is -0.590. The van der Waals surface area contributed by atoms with Gasteiger partial charge in [-0.2, -0.15) is 5.26 Å². The van der Waals surface area contributed by atoms with Crippen LogP contribution in [-0.4, -0.2) is 19.6 Å². The van der Waals surface area contributed by atoms with Gasteiger partial charge >= 0.3 is 0 Å². The summed E-state index contributed by atoms with van der Waals surface area (Å²) in [6.45, 7) is 2.62. The molecule has 64 valence electrons. The molecule has 0 atom stereocenters. The highest BCUT2D eigenvalue weighted by Gasteiger charge is 1.87. The lowest BCUT2D eigenvalue weighted by Crippen LogP contribution is -2.16. The van der Waals surface area contributed by atoms with E-state index in [1.54, 1.807) is 0 Å². The topological polar surface area (TPSA) is 61.8 Å². The molecule has 0 fully saturated rings. The summed E-state index contributed by atoms with van der Waals surface area (Å²) in [6, 6.07) is 2.09. The molecular formula is C8H17N3. The third-order valence-corrected chi connectivity index (χ3v) is 1.47. The number of nitrogens with one attached hydrogen (secondary N) is 1. The molecule has 0 aliphatic rings. The second kappa shape index (κ2) is 9.41. The van der Waals surface area contributed by atoms with Crippen LogP contribution >= 0.6 is 0 Å². The summed E-state index contributed by atoms with van der Waals surface area (Å²) >= 11 is 0. The standard InChI is InChI=1S/C8H17N3/c9-5-2-1-3-7-11-8-4-6-10/h11H,1-5,7-9H2. The van der Waals surface area contributed by atoms with Crippen LogP contribution in [0.25, 0.3) is 0 Å². The van der Waals surface area contributed by atoms with Crippen molar-refractivity contribution in [2.75, 3.05) is 19.6 Å². The average Bonchev–Trinajstić information content (AvgIpc) is 2.03. The van der Waals surface area contributed by atoms with E-state index in [0.29, 0.717) is 6.42 Å². The number of hydrogen-bond donors (Lipinski definition) is 2. The zero-order valence-corrected chi connectivity index (χ0v) is 6.97. The van der Waals surface area contributed by atoms with Crippen LogP contribution in [0.15, 0.2) is 0 Å². The van der Waals surface area contributed by atoms with Crippen LogP contribution in [0.3, 0.4) is 0 Å². The first-order chi connectivity index (χ1) is 5.41. The Labute approximate surface area is 68.6 Å². The lowest BCUT2D eigenvalue weighted by atomic mass is 10.2. The van der Waals surface area contributed by atoms with Gasteiger partial charge in [-0.05, 0) is 25.9 Å². The second-order valence-electron chi connectivity index (χ2n) is 2.51. The third-order valence-electron chi connectivity index (χ3n) is 1.47. The first kappa shape index (κ1) is 10.4. The van der Waals surface area contributed by atoms with Gasteiger partial charge in [0.05, 0.1) is 6.07 Å². The van der Waals surface area contributed by atoms with E-state index in [0.717, 1.165) is 26.1 Å². The first-order valence-corrected chi connectivity index (χ1v) is 4.19. The van der Waals surface area contributed by atoms with Gasteiger partial charge in [-0.15, -0.1) is 0 Å². The molecule has 0 saturated heterocycles. The van der Waals surface area contributed by atoms with Crippen molar-refractivity contribution in [3.63, 3.8) is 0 Å². The molecular weight excluding hydrogens is 138 g/mol. The van der Waals surface area contributed by atoms with Crippen LogP contribution in [0.1, 0.15) is 25.7 Å². The Bertz CT molecular complexity index is 106. The summed E-state index contributed by atoms with van der Waals surface area (Å²) in [5.74, 6) is 0. The second-order valence-corrected chi connectivity index (χ2v) is 2.51. The predicted octanol–water partition coefficient (Wildman–Crippen LogP) is 0.619. The molecule has 0 unspecified atom stereocenters. The number of nitrogens with two attached hydrogens (primary N) is 1. The summed E-state index contributed by atoms with van der Waals surface area (Å²) in [7, 11) is 0. The highest BCUT2D eigenvalue weighted by molar-refractivity contribution is 4.69. The van der Waals surface area contributed by atoms with Crippen molar-refractivity contribution in [1.82, 2.24) is 5.32 Å². The fourth-order valence-corrected chi connectivity index (χ4v) is 0.840. The number of nitrogens with zero attached hydrogens (tertiary/aromatic N) is 1. The molecule has 0 rings (SSSR count). The van der Waals surface area contributed by atoms with Gasteiger partial charge in [0.2, 0.25) is 0 Å². The maximum atomic E-state index is 8.20. The number of unbranched alkanes of at least 4 members (excludes halogenated alkanes) is 2. The van der Waals surface area contributed by atoms with Crippen molar-refractivity contribution < 1.29 is 0 Å². The SMILES string of the molecule is N#CCCNCCCCCN. The number of nitriles is 1. The highest BCUT2D eigenvalue weighted by Crippen LogP contribution is 1.90. The molecule has 0 aliphatic heterocycles. The minimum atomic E-state index is 0.608. The molecule has 11 heavy (non-hydrogen) atoms. The Morgan fingerprint density at radius 1 is 1.18 bits per heavy atom. The molecule has 0 aromatic carbocycles. The van der Waals surface area contributed by atoms with E-state index < -0.39 is 0 Å². The van der Waals surface area contributed by atoms with Gasteiger partial charge in [0, 0.05) is 13.0 Å². The third kappa shape index (κ3) is 9.41. The molecule has 0 amide bonds. The van der Waals surface area contributed by atoms with E-state index in [4.69, 9.17) is 11.0 Å². The lowest BCUT2D eigenvalue weighted by Gasteiger charge is -2.00. The Morgan fingerprint density at radius 3 is 2.64 bits per heavy atom. The summed E-state index contributed by atoms with van der Waals surface area (Å²) in [5.41, 5.74) is 5.33. The van der Waals surface area contributed by atoms with E-state index in [1.165, 1.54) is 12.8 Å². The van der Waals surface area contributed by atoms with Gasteiger partial charge < -0.3 is 11.1 Å². The van der Waals surface area contributed by atoms with Crippen molar-refractivity contribution in [3.05, 3.63) is 0 Å². The summed E-state index contributed by atoms with van der Waals surface area (Å²) in [5, 5.41) is 11.4. The van der Waals surface area contributed by atoms with Crippen LogP contribution in [0.5, 0.6) is 0 Å². The fraction of sp³-hybridized carbons (Fsp3) is 0.875. The smallest absolute Gasteiger partial charge is 0.0635 e. The van der Waals surface area contributed by atoms with Gasteiger partial charge in [-0.1, -0.05) is 6.42 Å². The van der Waals surface area contributed by atoms with Gasteiger partial charge in [0.25, 0.3) is 0 Å². The molecule has 0 aromatic heterocycles. The van der Waals surface area contributed by atoms with E-state index in [9.17, 15) is 0 Å². The van der Waals surface area contributed by atoms with Gasteiger partial charge in [-0.3, -0.25) is 0 Å². The maximum absolute atomic E-state index is 8.20.